The molecule has 2 unspecified atom stereocenters. The maximum Gasteiger partial charge on any atom is 0.473 e. The maximum absolute atomic E-state index is 13.8. The summed E-state index contributed by atoms with van der Waals surface area (Å²) in [5.74, 6) is -3.09. The minimum Gasteiger partial charge on any atom is -0.507 e. The highest BCUT2D eigenvalue weighted by Crippen LogP contribution is 2.50. The largest absolute Gasteiger partial charge is 0.507 e. The number of hydrogen-bond acceptors (Lipinski definition) is 6. The van der Waals surface area contributed by atoms with Crippen molar-refractivity contribution < 1.29 is 46.3 Å². The molecule has 0 heterocycles. The molecule has 11 heteroatoms. The predicted molar refractivity (Wildman–Crippen MR) is 138 cm³/mol. The van der Waals surface area contributed by atoms with Gasteiger partial charge >= 0.3 is 20.0 Å². The third kappa shape index (κ3) is 8.97. The summed E-state index contributed by atoms with van der Waals surface area (Å²) < 4.78 is 67.5. The van der Waals surface area contributed by atoms with Gasteiger partial charge in [-0.3, -0.25) is 9.05 Å². The lowest BCUT2D eigenvalue weighted by atomic mass is 9.73. The van der Waals surface area contributed by atoms with Gasteiger partial charge in [-0.15, -0.1) is 0 Å². The number of phenols is 1. The molecule has 1 aliphatic rings. The molecule has 7 nitrogen and oxygen atoms in total. The number of allylic oxidation sites excluding steroid dienone is 3. The molecule has 4 atom stereocenters. The van der Waals surface area contributed by atoms with Crippen molar-refractivity contribution in [3.63, 3.8) is 0 Å². The molecule has 1 aliphatic carbocycles. The average Bonchev–Trinajstić information content (AvgIpc) is 2.75. The van der Waals surface area contributed by atoms with Crippen LogP contribution in [0.1, 0.15) is 83.8 Å². The van der Waals surface area contributed by atoms with E-state index in [0.717, 1.165) is 36.8 Å². The molecule has 0 radical (unpaired) electrons. The fraction of sp³-hybridized carbons (Fsp3) is 0.593. The van der Waals surface area contributed by atoms with E-state index in [-0.39, 0.29) is 23.0 Å². The summed E-state index contributed by atoms with van der Waals surface area (Å²) in [4.78, 5) is 22.6. The van der Waals surface area contributed by atoms with E-state index >= 15 is 0 Å². The standard InChI is InChI=1S/C27H38F3O7P/c1-7-8-9-10-19-14-22(31)24(21-13-18(6)11-12-20(21)16(2)3)23(15-19)35-26(32)25(27(28,29)30)37-38(33,34)36-17(4)5/h13-15,17,20-21,25,31H,2,7-12H2,1,3-6H3,(H,33,34)/t20-,21+,25?/m0/s1. The molecule has 0 bridgehead atoms. The van der Waals surface area contributed by atoms with Gasteiger partial charge in [0.1, 0.15) is 11.5 Å². The first-order valence-corrected chi connectivity index (χ1v) is 14.2. The van der Waals surface area contributed by atoms with Crippen molar-refractivity contribution in [2.45, 2.75) is 97.4 Å². The minimum atomic E-state index is -5.38. The second-order valence-corrected chi connectivity index (χ2v) is 11.4. The molecule has 2 rings (SSSR count). The second kappa shape index (κ2) is 13.3. The van der Waals surface area contributed by atoms with Gasteiger partial charge in [-0.05, 0) is 77.0 Å². The van der Waals surface area contributed by atoms with E-state index in [9.17, 15) is 32.5 Å². The molecule has 0 spiro atoms. The van der Waals surface area contributed by atoms with E-state index < -0.39 is 38.1 Å². The fourth-order valence-corrected chi connectivity index (χ4v) is 5.59. The number of rotatable bonds is 12. The number of benzene rings is 1. The first-order chi connectivity index (χ1) is 17.6. The molecule has 0 fully saturated rings. The van der Waals surface area contributed by atoms with Gasteiger partial charge in [-0.2, -0.15) is 13.2 Å². The monoisotopic (exact) mass is 562 g/mol. The van der Waals surface area contributed by atoms with Crippen LogP contribution in [0.4, 0.5) is 13.2 Å². The van der Waals surface area contributed by atoms with E-state index in [4.69, 9.17) is 4.74 Å². The van der Waals surface area contributed by atoms with Crippen molar-refractivity contribution in [2.24, 2.45) is 5.92 Å². The number of halogens is 3. The van der Waals surface area contributed by atoms with Crippen LogP contribution < -0.4 is 4.74 Å². The molecule has 0 saturated carbocycles. The van der Waals surface area contributed by atoms with Crippen LogP contribution in [0.25, 0.3) is 0 Å². The van der Waals surface area contributed by atoms with E-state index in [0.29, 0.717) is 18.4 Å². The number of esters is 1. The topological polar surface area (TPSA) is 102 Å². The Morgan fingerprint density at radius 3 is 2.45 bits per heavy atom. The summed E-state index contributed by atoms with van der Waals surface area (Å²) in [6, 6.07) is 2.97. The van der Waals surface area contributed by atoms with Gasteiger partial charge in [-0.1, -0.05) is 43.6 Å². The number of alkyl halides is 3. The summed E-state index contributed by atoms with van der Waals surface area (Å²) in [5.41, 5.74) is 2.55. The molecule has 1 aromatic rings. The van der Waals surface area contributed by atoms with Crippen molar-refractivity contribution in [1.29, 1.82) is 0 Å². The third-order valence-corrected chi connectivity index (χ3v) is 7.43. The van der Waals surface area contributed by atoms with E-state index in [1.54, 1.807) is 0 Å². The van der Waals surface area contributed by atoms with Crippen LogP contribution in [-0.4, -0.2) is 34.4 Å². The van der Waals surface area contributed by atoms with Crippen molar-refractivity contribution >= 4 is 13.8 Å². The van der Waals surface area contributed by atoms with Crippen LogP contribution in [-0.2, 0) is 24.8 Å². The van der Waals surface area contributed by atoms with E-state index in [1.165, 1.54) is 26.0 Å². The van der Waals surface area contributed by atoms with E-state index in [2.05, 4.69) is 15.6 Å². The number of carbonyl (C=O) groups excluding carboxylic acids is 1. The van der Waals surface area contributed by atoms with Crippen LogP contribution in [0.3, 0.4) is 0 Å². The molecule has 0 saturated heterocycles. The zero-order chi connectivity index (χ0) is 28.8. The molecule has 0 aliphatic heterocycles. The Kier molecular flexibility index (Phi) is 11.2. The summed E-state index contributed by atoms with van der Waals surface area (Å²) in [5, 5.41) is 11.1. The number of aryl methyl sites for hydroxylation is 1. The first kappa shape index (κ1) is 32.1. The fourth-order valence-electron chi connectivity index (χ4n) is 4.54. The Hall–Kier alpha value is -2.13. The lowest BCUT2D eigenvalue weighted by molar-refractivity contribution is -0.210. The van der Waals surface area contributed by atoms with Crippen molar-refractivity contribution in [2.75, 3.05) is 0 Å². The molecular weight excluding hydrogens is 524 g/mol. The Balaban J connectivity index is 2.57. The maximum atomic E-state index is 13.8. The van der Waals surface area contributed by atoms with Crippen LogP contribution in [0.15, 0.2) is 35.9 Å². The number of aromatic hydroxyl groups is 1. The quantitative estimate of drug-likeness (QED) is 0.0893. The summed E-state index contributed by atoms with van der Waals surface area (Å²) >= 11 is 0. The minimum absolute atomic E-state index is 0.149. The lowest BCUT2D eigenvalue weighted by Crippen LogP contribution is -2.41. The molecular formula is C27H38F3O7P. The zero-order valence-electron chi connectivity index (χ0n) is 22.5. The molecule has 1 aromatic carbocycles. The molecule has 38 heavy (non-hydrogen) atoms. The Morgan fingerprint density at radius 2 is 1.89 bits per heavy atom. The SMILES string of the molecule is C=C(C)[C@@H]1CCC(C)=C[C@H]1c1c(O)cc(CCCCC)cc1OC(=O)C(OP(=O)(O)OC(C)C)C(F)(F)F. The zero-order valence-corrected chi connectivity index (χ0v) is 23.4. The lowest BCUT2D eigenvalue weighted by Gasteiger charge is -2.32. The highest BCUT2D eigenvalue weighted by molar-refractivity contribution is 7.47. The van der Waals surface area contributed by atoms with Gasteiger partial charge in [0.25, 0.3) is 6.10 Å². The van der Waals surface area contributed by atoms with Crippen LogP contribution in [0, 0.1) is 5.92 Å². The van der Waals surface area contributed by atoms with Gasteiger partial charge < -0.3 is 14.7 Å². The van der Waals surface area contributed by atoms with Gasteiger partial charge in [0.05, 0.1) is 6.10 Å². The van der Waals surface area contributed by atoms with Gasteiger partial charge in [0, 0.05) is 11.5 Å². The smallest absolute Gasteiger partial charge is 0.473 e. The highest BCUT2D eigenvalue weighted by Gasteiger charge is 2.52. The number of ether oxygens (including phenoxy) is 1. The number of phenolic OH excluding ortho intramolecular Hbond substituents is 1. The van der Waals surface area contributed by atoms with Crippen LogP contribution in [0.2, 0.25) is 0 Å². The van der Waals surface area contributed by atoms with Gasteiger partial charge in [0.15, 0.2) is 0 Å². The number of hydrogen-bond donors (Lipinski definition) is 2. The van der Waals surface area contributed by atoms with Crippen molar-refractivity contribution in [3.05, 3.63) is 47.1 Å². The van der Waals surface area contributed by atoms with Crippen LogP contribution >= 0.6 is 7.82 Å². The van der Waals surface area contributed by atoms with Crippen molar-refractivity contribution in [3.8, 4) is 11.5 Å². The average molecular weight is 563 g/mol. The summed E-state index contributed by atoms with van der Waals surface area (Å²) in [6.07, 6.45) is -3.26. The first-order valence-electron chi connectivity index (χ1n) is 12.7. The number of carbonyl (C=O) groups is 1. The van der Waals surface area contributed by atoms with Crippen LogP contribution in [0.5, 0.6) is 11.5 Å². The van der Waals surface area contributed by atoms with Gasteiger partial charge in [-0.25, -0.2) is 9.36 Å². The highest BCUT2D eigenvalue weighted by atomic mass is 31.2. The Morgan fingerprint density at radius 1 is 1.24 bits per heavy atom. The molecule has 0 aromatic heterocycles. The normalized spacial score (nSPS) is 20.5. The Bertz CT molecular complexity index is 1080. The summed E-state index contributed by atoms with van der Waals surface area (Å²) in [6.45, 7) is 12.4. The predicted octanol–water partition coefficient (Wildman–Crippen LogP) is 7.52. The number of unbranched alkanes of at least 4 members (excludes halogenated alkanes) is 2. The van der Waals surface area contributed by atoms with E-state index in [1.807, 2.05) is 26.8 Å². The summed E-state index contributed by atoms with van der Waals surface area (Å²) in [7, 11) is -5.26. The number of phosphoric acid groups is 1. The number of phosphoric ester groups is 1. The van der Waals surface area contributed by atoms with Crippen molar-refractivity contribution in [1.82, 2.24) is 0 Å². The molecule has 214 valence electrons. The van der Waals surface area contributed by atoms with Gasteiger partial charge in [0.2, 0.25) is 0 Å². The second-order valence-electron chi connectivity index (χ2n) is 10.1. The Labute approximate surface area is 222 Å². The molecule has 0 amide bonds. The molecule has 2 N–H and O–H groups in total. The third-order valence-electron chi connectivity index (χ3n) is 6.27.